The SMILES string of the molecule is Cc1ccccc1-n1c(CCNC(=O)O)nc2cccc(C)c2c1=O. The standard InChI is InChI=1S/C19H19N3O3/c1-12-6-3-4-9-15(12)22-16(10-11-20-19(24)25)21-14-8-5-7-13(2)17(14)18(22)23/h3-9,20H,10-11H2,1-2H3,(H,24,25). The number of nitrogens with one attached hydrogen (secondary N) is 1. The molecule has 0 radical (unpaired) electrons. The Kier molecular flexibility index (Phi) is 4.52. The van der Waals surface area contributed by atoms with Gasteiger partial charge in [0.25, 0.3) is 5.56 Å². The average Bonchev–Trinajstić information content (AvgIpc) is 2.56. The Labute approximate surface area is 144 Å². The molecular weight excluding hydrogens is 318 g/mol. The number of hydrogen-bond acceptors (Lipinski definition) is 3. The second kappa shape index (κ2) is 6.76. The lowest BCUT2D eigenvalue weighted by Crippen LogP contribution is -2.29. The van der Waals surface area contributed by atoms with E-state index >= 15 is 0 Å². The summed E-state index contributed by atoms with van der Waals surface area (Å²) in [5.41, 5.74) is 3.07. The highest BCUT2D eigenvalue weighted by molar-refractivity contribution is 5.81. The molecule has 0 aliphatic heterocycles. The quantitative estimate of drug-likeness (QED) is 0.767. The van der Waals surface area contributed by atoms with Crippen molar-refractivity contribution in [1.82, 2.24) is 14.9 Å². The van der Waals surface area contributed by atoms with E-state index in [0.717, 1.165) is 16.8 Å². The molecule has 2 N–H and O–H groups in total. The Hall–Kier alpha value is -3.15. The largest absolute Gasteiger partial charge is 0.465 e. The molecule has 25 heavy (non-hydrogen) atoms. The maximum atomic E-state index is 13.2. The van der Waals surface area contributed by atoms with Crippen molar-refractivity contribution in [2.45, 2.75) is 20.3 Å². The van der Waals surface area contributed by atoms with Crippen molar-refractivity contribution < 1.29 is 9.90 Å². The first kappa shape index (κ1) is 16.7. The molecule has 1 aromatic heterocycles. The van der Waals surface area contributed by atoms with E-state index in [2.05, 4.69) is 10.3 Å². The predicted molar refractivity (Wildman–Crippen MR) is 96.5 cm³/mol. The van der Waals surface area contributed by atoms with Crippen molar-refractivity contribution in [2.75, 3.05) is 6.54 Å². The first-order chi connectivity index (χ1) is 12.0. The lowest BCUT2D eigenvalue weighted by Gasteiger charge is -2.16. The molecule has 128 valence electrons. The molecule has 1 heterocycles. The highest BCUT2D eigenvalue weighted by Gasteiger charge is 2.15. The molecule has 3 aromatic rings. The fourth-order valence-corrected chi connectivity index (χ4v) is 2.95. The summed E-state index contributed by atoms with van der Waals surface area (Å²) in [5, 5.41) is 11.7. The molecular formula is C19H19N3O3. The third-order valence-corrected chi connectivity index (χ3v) is 4.16. The van der Waals surface area contributed by atoms with Crippen LogP contribution in [0.5, 0.6) is 0 Å². The third-order valence-electron chi connectivity index (χ3n) is 4.16. The molecule has 0 fully saturated rings. The minimum absolute atomic E-state index is 0.136. The van der Waals surface area contributed by atoms with Crippen molar-refractivity contribution in [3.8, 4) is 5.69 Å². The van der Waals surface area contributed by atoms with Gasteiger partial charge < -0.3 is 10.4 Å². The van der Waals surface area contributed by atoms with Gasteiger partial charge in [-0.25, -0.2) is 9.78 Å². The molecule has 0 saturated heterocycles. The predicted octanol–water partition coefficient (Wildman–Crippen LogP) is 2.81. The van der Waals surface area contributed by atoms with E-state index in [4.69, 9.17) is 5.11 Å². The molecule has 0 bridgehead atoms. The van der Waals surface area contributed by atoms with Crippen LogP contribution in [-0.2, 0) is 6.42 Å². The molecule has 0 saturated carbocycles. The Balaban J connectivity index is 2.25. The maximum absolute atomic E-state index is 13.2. The van der Waals surface area contributed by atoms with Gasteiger partial charge in [0.05, 0.1) is 16.6 Å². The zero-order valence-electron chi connectivity index (χ0n) is 14.1. The summed E-state index contributed by atoms with van der Waals surface area (Å²) in [6.45, 7) is 4.01. The van der Waals surface area contributed by atoms with Crippen molar-refractivity contribution in [1.29, 1.82) is 0 Å². The van der Waals surface area contributed by atoms with E-state index in [9.17, 15) is 9.59 Å². The van der Waals surface area contributed by atoms with E-state index in [1.807, 2.05) is 50.2 Å². The zero-order valence-corrected chi connectivity index (χ0v) is 14.1. The Morgan fingerprint density at radius 1 is 1.12 bits per heavy atom. The van der Waals surface area contributed by atoms with Gasteiger partial charge >= 0.3 is 6.09 Å². The highest BCUT2D eigenvalue weighted by atomic mass is 16.4. The van der Waals surface area contributed by atoms with Gasteiger partial charge in [0.2, 0.25) is 0 Å². The Bertz CT molecular complexity index is 1010. The van der Waals surface area contributed by atoms with Crippen LogP contribution in [0.1, 0.15) is 17.0 Å². The zero-order chi connectivity index (χ0) is 18.0. The summed E-state index contributed by atoms with van der Waals surface area (Å²) in [5.74, 6) is 0.533. The van der Waals surface area contributed by atoms with Crippen LogP contribution in [0.2, 0.25) is 0 Å². The minimum Gasteiger partial charge on any atom is -0.465 e. The molecule has 0 unspecified atom stereocenters. The third kappa shape index (κ3) is 3.24. The number of carbonyl (C=O) groups is 1. The highest BCUT2D eigenvalue weighted by Crippen LogP contribution is 2.18. The molecule has 1 amide bonds. The first-order valence-electron chi connectivity index (χ1n) is 8.03. The maximum Gasteiger partial charge on any atom is 0.404 e. The summed E-state index contributed by atoms with van der Waals surface area (Å²) in [6, 6.07) is 13.1. The van der Waals surface area contributed by atoms with E-state index < -0.39 is 6.09 Å². The number of rotatable bonds is 4. The number of nitrogens with zero attached hydrogens (tertiary/aromatic N) is 2. The fourth-order valence-electron chi connectivity index (χ4n) is 2.95. The normalized spacial score (nSPS) is 10.8. The van der Waals surface area contributed by atoms with Crippen LogP contribution >= 0.6 is 0 Å². The van der Waals surface area contributed by atoms with Crippen molar-refractivity contribution in [2.24, 2.45) is 0 Å². The summed E-state index contributed by atoms with van der Waals surface area (Å²) < 4.78 is 1.59. The summed E-state index contributed by atoms with van der Waals surface area (Å²) in [6.07, 6.45) is -0.777. The number of amides is 1. The van der Waals surface area contributed by atoms with Gasteiger partial charge in [0.1, 0.15) is 5.82 Å². The lowest BCUT2D eigenvalue weighted by atomic mass is 10.1. The molecule has 0 aliphatic rings. The van der Waals surface area contributed by atoms with Crippen molar-refractivity contribution >= 4 is 17.0 Å². The number of fused-ring (bicyclic) bond motifs is 1. The van der Waals surface area contributed by atoms with Gasteiger partial charge in [0.15, 0.2) is 0 Å². The van der Waals surface area contributed by atoms with Crippen LogP contribution in [0.3, 0.4) is 0 Å². The Morgan fingerprint density at radius 2 is 1.84 bits per heavy atom. The lowest BCUT2D eigenvalue weighted by molar-refractivity contribution is 0.194. The van der Waals surface area contributed by atoms with Crippen LogP contribution < -0.4 is 10.9 Å². The fraction of sp³-hybridized carbons (Fsp3) is 0.211. The molecule has 3 rings (SSSR count). The molecule has 6 heteroatoms. The van der Waals surface area contributed by atoms with E-state index in [0.29, 0.717) is 23.1 Å². The number of carboxylic acid groups (broad SMARTS) is 1. The van der Waals surface area contributed by atoms with E-state index in [-0.39, 0.29) is 12.1 Å². The van der Waals surface area contributed by atoms with Crippen LogP contribution in [-0.4, -0.2) is 27.3 Å². The van der Waals surface area contributed by atoms with Crippen molar-refractivity contribution in [3.63, 3.8) is 0 Å². The molecule has 0 spiro atoms. The number of aromatic nitrogens is 2. The minimum atomic E-state index is -1.10. The topological polar surface area (TPSA) is 84.2 Å². The van der Waals surface area contributed by atoms with Crippen LogP contribution in [0.15, 0.2) is 47.3 Å². The monoisotopic (exact) mass is 337 g/mol. The Morgan fingerprint density at radius 3 is 2.56 bits per heavy atom. The van der Waals surface area contributed by atoms with E-state index in [1.54, 1.807) is 10.6 Å². The number of benzene rings is 2. The van der Waals surface area contributed by atoms with Gasteiger partial charge in [-0.1, -0.05) is 30.3 Å². The van der Waals surface area contributed by atoms with Gasteiger partial charge in [-0.15, -0.1) is 0 Å². The van der Waals surface area contributed by atoms with Gasteiger partial charge in [-0.3, -0.25) is 9.36 Å². The molecule has 0 aliphatic carbocycles. The average molecular weight is 337 g/mol. The van der Waals surface area contributed by atoms with Crippen LogP contribution in [0, 0.1) is 13.8 Å². The van der Waals surface area contributed by atoms with Crippen LogP contribution in [0.25, 0.3) is 16.6 Å². The summed E-state index contributed by atoms with van der Waals surface area (Å²) in [4.78, 5) is 28.6. The number of para-hydroxylation sites is 1. The smallest absolute Gasteiger partial charge is 0.404 e. The van der Waals surface area contributed by atoms with Crippen molar-refractivity contribution in [3.05, 3.63) is 69.8 Å². The molecule has 6 nitrogen and oxygen atoms in total. The van der Waals surface area contributed by atoms with Gasteiger partial charge in [-0.05, 0) is 37.1 Å². The molecule has 2 aromatic carbocycles. The first-order valence-corrected chi connectivity index (χ1v) is 8.03. The second-order valence-corrected chi connectivity index (χ2v) is 5.91. The number of hydrogen-bond donors (Lipinski definition) is 2. The molecule has 0 atom stereocenters. The summed E-state index contributed by atoms with van der Waals surface area (Å²) in [7, 11) is 0. The summed E-state index contributed by atoms with van der Waals surface area (Å²) >= 11 is 0. The van der Waals surface area contributed by atoms with Crippen LogP contribution in [0.4, 0.5) is 4.79 Å². The number of aryl methyl sites for hydroxylation is 2. The van der Waals surface area contributed by atoms with E-state index in [1.165, 1.54) is 0 Å². The van der Waals surface area contributed by atoms with Gasteiger partial charge in [0, 0.05) is 13.0 Å². The second-order valence-electron chi connectivity index (χ2n) is 5.91. The van der Waals surface area contributed by atoms with Gasteiger partial charge in [-0.2, -0.15) is 0 Å².